The van der Waals surface area contributed by atoms with Crippen molar-refractivity contribution in [1.29, 1.82) is 0 Å². The molecule has 0 saturated carbocycles. The summed E-state index contributed by atoms with van der Waals surface area (Å²) in [5.74, 6) is 0.558. The molecule has 6 heteroatoms. The van der Waals surface area contributed by atoms with Gasteiger partial charge in [0.2, 0.25) is 0 Å². The van der Waals surface area contributed by atoms with Crippen LogP contribution in [-0.2, 0) is 11.2 Å². The van der Waals surface area contributed by atoms with E-state index < -0.39 is 11.0 Å². The van der Waals surface area contributed by atoms with E-state index in [2.05, 4.69) is 0 Å². The first kappa shape index (κ1) is 14.1. The van der Waals surface area contributed by atoms with Crippen molar-refractivity contribution in [3.8, 4) is 5.75 Å². The molecule has 0 fully saturated rings. The zero-order valence-electron chi connectivity index (χ0n) is 11.9. The van der Waals surface area contributed by atoms with Gasteiger partial charge in [-0.3, -0.25) is 14.9 Å². The number of para-hydroxylation sites is 1. The lowest BCUT2D eigenvalue weighted by atomic mass is 10.1. The molecule has 22 heavy (non-hydrogen) atoms. The number of ether oxygens (including phenoxy) is 1. The molecular weight excluding hydrogens is 284 g/mol. The Balaban J connectivity index is 1.74. The zero-order chi connectivity index (χ0) is 15.7. The van der Waals surface area contributed by atoms with Crippen LogP contribution in [0.2, 0.25) is 0 Å². The summed E-state index contributed by atoms with van der Waals surface area (Å²) in [4.78, 5) is 24.1. The van der Waals surface area contributed by atoms with Crippen molar-refractivity contribution >= 4 is 17.3 Å². The van der Waals surface area contributed by atoms with Crippen LogP contribution in [0.25, 0.3) is 0 Å². The van der Waals surface area contributed by atoms with Crippen LogP contribution in [0.15, 0.2) is 48.5 Å². The van der Waals surface area contributed by atoms with Gasteiger partial charge in [-0.05, 0) is 23.8 Å². The molecule has 0 bridgehead atoms. The number of non-ortho nitro benzene ring substituents is 1. The molecule has 0 aliphatic carbocycles. The molecule has 0 radical (unpaired) electrons. The van der Waals surface area contributed by atoms with Crippen molar-refractivity contribution in [3.05, 3.63) is 64.2 Å². The van der Waals surface area contributed by atoms with E-state index in [0.717, 1.165) is 11.3 Å². The number of nitro groups is 1. The Hall–Kier alpha value is -2.89. The van der Waals surface area contributed by atoms with Gasteiger partial charge in [0.05, 0.1) is 4.92 Å². The van der Waals surface area contributed by atoms with E-state index in [1.807, 2.05) is 24.3 Å². The third kappa shape index (κ3) is 2.50. The summed E-state index contributed by atoms with van der Waals surface area (Å²) in [7, 11) is 1.63. The molecule has 1 amide bonds. The Morgan fingerprint density at radius 1 is 1.23 bits per heavy atom. The van der Waals surface area contributed by atoms with Crippen LogP contribution in [0.4, 0.5) is 11.4 Å². The van der Waals surface area contributed by atoms with Crippen LogP contribution in [0.3, 0.4) is 0 Å². The first-order chi connectivity index (χ1) is 10.6. The van der Waals surface area contributed by atoms with Gasteiger partial charge in [0.1, 0.15) is 5.75 Å². The molecule has 3 rings (SSSR count). The second-order valence-corrected chi connectivity index (χ2v) is 5.09. The Bertz CT molecular complexity index is 702. The number of nitrogens with zero attached hydrogens (tertiary/aromatic N) is 2. The van der Waals surface area contributed by atoms with Gasteiger partial charge in [0, 0.05) is 31.3 Å². The van der Waals surface area contributed by atoms with Crippen molar-refractivity contribution in [2.75, 3.05) is 11.9 Å². The number of amides is 1. The topological polar surface area (TPSA) is 72.7 Å². The highest BCUT2D eigenvalue weighted by molar-refractivity contribution is 5.97. The van der Waals surface area contributed by atoms with Gasteiger partial charge in [-0.1, -0.05) is 18.2 Å². The summed E-state index contributed by atoms with van der Waals surface area (Å²) < 4.78 is 5.67. The fourth-order valence-corrected chi connectivity index (χ4v) is 2.46. The molecule has 112 valence electrons. The third-order valence-corrected chi connectivity index (χ3v) is 3.70. The van der Waals surface area contributed by atoms with E-state index in [-0.39, 0.29) is 11.6 Å². The van der Waals surface area contributed by atoms with Crippen LogP contribution in [0.1, 0.15) is 5.56 Å². The van der Waals surface area contributed by atoms with E-state index >= 15 is 0 Å². The molecular formula is C16H14N2O4. The van der Waals surface area contributed by atoms with Crippen molar-refractivity contribution in [3.63, 3.8) is 0 Å². The highest BCUT2D eigenvalue weighted by Gasteiger charge is 2.31. The number of likely N-dealkylation sites (N-methyl/N-ethyl adjacent to an activating group) is 1. The first-order valence-corrected chi connectivity index (χ1v) is 6.83. The van der Waals surface area contributed by atoms with E-state index in [4.69, 9.17) is 4.74 Å². The normalized spacial score (nSPS) is 15.8. The molecule has 0 saturated heterocycles. The summed E-state index contributed by atoms with van der Waals surface area (Å²) >= 11 is 0. The number of anilines is 1. The Kier molecular flexibility index (Phi) is 3.50. The molecule has 2 aromatic carbocycles. The quantitative estimate of drug-likeness (QED) is 0.645. The highest BCUT2D eigenvalue weighted by atomic mass is 16.6. The number of fused-ring (bicyclic) bond motifs is 1. The predicted octanol–water partition coefficient (Wildman–Crippen LogP) is 2.56. The van der Waals surface area contributed by atoms with Gasteiger partial charge >= 0.3 is 0 Å². The minimum Gasteiger partial charge on any atom is -0.480 e. The Morgan fingerprint density at radius 2 is 1.91 bits per heavy atom. The number of hydrogen-bond donors (Lipinski definition) is 0. The highest BCUT2D eigenvalue weighted by Crippen LogP contribution is 2.29. The van der Waals surface area contributed by atoms with Crippen molar-refractivity contribution in [2.45, 2.75) is 12.5 Å². The summed E-state index contributed by atoms with van der Waals surface area (Å²) in [6, 6.07) is 13.4. The standard InChI is InChI=1S/C16H14N2O4/c1-17(12-6-8-13(9-7-12)18(20)21)16(19)15-10-11-4-2-3-5-14(11)22-15/h2-9,15H,10H2,1H3/t15-/m1/s1. The SMILES string of the molecule is CN(C(=O)[C@H]1Cc2ccccc2O1)c1ccc([N+](=O)[O-])cc1. The molecule has 0 aromatic heterocycles. The number of nitro benzene ring substituents is 1. The maximum atomic E-state index is 12.5. The summed E-state index contributed by atoms with van der Waals surface area (Å²) in [5.41, 5.74) is 1.60. The Labute approximate surface area is 127 Å². The number of rotatable bonds is 3. The van der Waals surface area contributed by atoms with Crippen LogP contribution >= 0.6 is 0 Å². The van der Waals surface area contributed by atoms with Gasteiger partial charge < -0.3 is 9.64 Å². The molecule has 1 aliphatic rings. The number of carbonyl (C=O) groups excluding carboxylic acids is 1. The number of hydrogen-bond acceptors (Lipinski definition) is 4. The Morgan fingerprint density at radius 3 is 2.55 bits per heavy atom. The molecule has 2 aromatic rings. The molecule has 0 spiro atoms. The fourth-order valence-electron chi connectivity index (χ4n) is 2.46. The average molecular weight is 298 g/mol. The maximum Gasteiger partial charge on any atom is 0.269 e. The van der Waals surface area contributed by atoms with Crippen LogP contribution in [-0.4, -0.2) is 24.0 Å². The minimum absolute atomic E-state index is 0.00544. The average Bonchev–Trinajstić information content (AvgIpc) is 2.97. The van der Waals surface area contributed by atoms with E-state index in [1.165, 1.54) is 17.0 Å². The van der Waals surface area contributed by atoms with Gasteiger partial charge in [0.25, 0.3) is 11.6 Å². The molecule has 6 nitrogen and oxygen atoms in total. The van der Waals surface area contributed by atoms with Crippen molar-refractivity contribution in [2.24, 2.45) is 0 Å². The van der Waals surface area contributed by atoms with Crippen molar-refractivity contribution < 1.29 is 14.5 Å². The summed E-state index contributed by atoms with van der Waals surface area (Å²) in [6.07, 6.45) is -0.0237. The molecule has 0 unspecified atom stereocenters. The molecule has 1 aliphatic heterocycles. The lowest BCUT2D eigenvalue weighted by molar-refractivity contribution is -0.384. The third-order valence-electron chi connectivity index (χ3n) is 3.70. The van der Waals surface area contributed by atoms with Gasteiger partial charge in [-0.25, -0.2) is 0 Å². The van der Waals surface area contributed by atoms with Gasteiger partial charge in [-0.15, -0.1) is 0 Å². The lowest BCUT2D eigenvalue weighted by Gasteiger charge is -2.20. The van der Waals surface area contributed by atoms with Crippen LogP contribution < -0.4 is 9.64 Å². The predicted molar refractivity (Wildman–Crippen MR) is 81.1 cm³/mol. The van der Waals surface area contributed by atoms with Gasteiger partial charge in [-0.2, -0.15) is 0 Å². The largest absolute Gasteiger partial charge is 0.480 e. The molecule has 1 heterocycles. The molecule has 1 atom stereocenters. The fraction of sp³-hybridized carbons (Fsp3) is 0.188. The summed E-state index contributed by atoms with van der Waals surface area (Å²) in [6.45, 7) is 0. The van der Waals surface area contributed by atoms with E-state index in [1.54, 1.807) is 19.2 Å². The number of carbonyl (C=O) groups is 1. The maximum absolute atomic E-state index is 12.5. The van der Waals surface area contributed by atoms with E-state index in [9.17, 15) is 14.9 Å². The summed E-state index contributed by atoms with van der Waals surface area (Å²) in [5, 5.41) is 10.7. The first-order valence-electron chi connectivity index (χ1n) is 6.83. The lowest BCUT2D eigenvalue weighted by Crippen LogP contribution is -2.39. The van der Waals surface area contributed by atoms with Crippen LogP contribution in [0, 0.1) is 10.1 Å². The van der Waals surface area contributed by atoms with Crippen LogP contribution in [0.5, 0.6) is 5.75 Å². The number of benzene rings is 2. The zero-order valence-corrected chi connectivity index (χ0v) is 11.9. The minimum atomic E-state index is -0.558. The monoisotopic (exact) mass is 298 g/mol. The molecule has 0 N–H and O–H groups in total. The van der Waals surface area contributed by atoms with E-state index in [0.29, 0.717) is 12.1 Å². The van der Waals surface area contributed by atoms with Gasteiger partial charge in [0.15, 0.2) is 6.10 Å². The van der Waals surface area contributed by atoms with Crippen molar-refractivity contribution in [1.82, 2.24) is 0 Å². The second-order valence-electron chi connectivity index (χ2n) is 5.09. The second kappa shape index (κ2) is 5.48. The smallest absolute Gasteiger partial charge is 0.269 e.